The summed E-state index contributed by atoms with van der Waals surface area (Å²) in [4.78, 5) is 49.6. The quantitative estimate of drug-likeness (QED) is 0.463. The zero-order chi connectivity index (χ0) is 21.8. The van der Waals surface area contributed by atoms with E-state index in [-0.39, 0.29) is 12.2 Å². The van der Waals surface area contributed by atoms with Crippen LogP contribution in [0.1, 0.15) is 16.7 Å². The van der Waals surface area contributed by atoms with Crippen LogP contribution >= 0.6 is 0 Å². The van der Waals surface area contributed by atoms with Crippen LogP contribution in [0, 0.1) is 13.8 Å². The Hall–Kier alpha value is -3.94. The van der Waals surface area contributed by atoms with Gasteiger partial charge in [0.1, 0.15) is 11.3 Å². The lowest BCUT2D eigenvalue weighted by Crippen LogP contribution is -2.54. The van der Waals surface area contributed by atoms with Crippen LogP contribution in [0.4, 0.5) is 10.5 Å². The molecule has 4 amide bonds. The van der Waals surface area contributed by atoms with Crippen LogP contribution in [0.25, 0.3) is 6.08 Å². The second kappa shape index (κ2) is 8.60. The Balaban J connectivity index is 1.86. The Bertz CT molecular complexity index is 1040. The number of urea groups is 1. The van der Waals surface area contributed by atoms with Gasteiger partial charge in [0, 0.05) is 0 Å². The van der Waals surface area contributed by atoms with Crippen molar-refractivity contribution >= 4 is 35.6 Å². The normalized spacial score (nSPS) is 15.2. The molecule has 1 saturated heterocycles. The third-order valence-corrected chi connectivity index (χ3v) is 4.34. The van der Waals surface area contributed by atoms with Crippen LogP contribution in [0.5, 0.6) is 5.75 Å². The minimum Gasteiger partial charge on any atom is -0.482 e. The van der Waals surface area contributed by atoms with Crippen LogP contribution < -0.4 is 15.0 Å². The summed E-state index contributed by atoms with van der Waals surface area (Å²) in [6, 6.07) is 11.0. The Morgan fingerprint density at radius 3 is 2.27 bits per heavy atom. The van der Waals surface area contributed by atoms with Crippen LogP contribution in [-0.2, 0) is 19.1 Å². The zero-order valence-corrected chi connectivity index (χ0v) is 16.7. The number of nitrogens with one attached hydrogen (secondary N) is 1. The molecule has 3 rings (SSSR count). The molecule has 0 spiro atoms. The Labute approximate surface area is 173 Å². The lowest BCUT2D eigenvalue weighted by Gasteiger charge is -2.27. The smallest absolute Gasteiger partial charge is 0.343 e. The molecular formula is C22H20N2O6. The molecule has 1 N–H and O–H groups in total. The van der Waals surface area contributed by atoms with Crippen molar-refractivity contribution < 1.29 is 28.7 Å². The van der Waals surface area contributed by atoms with Crippen molar-refractivity contribution in [1.29, 1.82) is 0 Å². The number of carbonyl (C=O) groups excluding carboxylic acids is 4. The maximum atomic E-state index is 13.0. The highest BCUT2D eigenvalue weighted by Gasteiger charge is 2.36. The van der Waals surface area contributed by atoms with Gasteiger partial charge >= 0.3 is 12.0 Å². The topological polar surface area (TPSA) is 102 Å². The van der Waals surface area contributed by atoms with Crippen LogP contribution in [0.3, 0.4) is 0 Å². The molecule has 0 radical (unpaired) electrons. The van der Waals surface area contributed by atoms with Gasteiger partial charge in [0.25, 0.3) is 11.8 Å². The summed E-state index contributed by atoms with van der Waals surface area (Å²) in [6.45, 7) is 3.48. The standard InChI is InChI=1S/C22H20N2O6/c1-13-8-14(2)10-16(9-13)24-21(27)18(20(26)23-22(24)28)11-15-4-6-17(7-5-15)30-12-19(25)29-3/h4-11H,12H2,1-3H3,(H,23,26,28)/b18-11+. The minimum atomic E-state index is -0.793. The number of ether oxygens (including phenoxy) is 2. The molecule has 8 heteroatoms. The van der Waals surface area contributed by atoms with Gasteiger partial charge in [-0.2, -0.15) is 0 Å². The molecule has 1 aliphatic rings. The summed E-state index contributed by atoms with van der Waals surface area (Å²) in [5.74, 6) is -1.56. The average Bonchev–Trinajstić information content (AvgIpc) is 2.69. The number of hydrogen-bond acceptors (Lipinski definition) is 6. The lowest BCUT2D eigenvalue weighted by molar-refractivity contribution is -0.143. The fraction of sp³-hybridized carbons (Fsp3) is 0.182. The van der Waals surface area contributed by atoms with Crippen LogP contribution in [0.2, 0.25) is 0 Å². The van der Waals surface area contributed by atoms with Crippen molar-refractivity contribution in [3.05, 3.63) is 64.7 Å². The summed E-state index contributed by atoms with van der Waals surface area (Å²) in [7, 11) is 1.26. The number of barbiturate groups is 1. The van der Waals surface area contributed by atoms with Gasteiger partial charge in [0.2, 0.25) is 0 Å². The molecule has 0 unspecified atom stereocenters. The highest BCUT2D eigenvalue weighted by Crippen LogP contribution is 2.24. The number of rotatable bonds is 5. The van der Waals surface area contributed by atoms with Crippen molar-refractivity contribution in [2.75, 3.05) is 18.6 Å². The SMILES string of the molecule is COC(=O)COc1ccc(/C=C2\C(=O)NC(=O)N(c3cc(C)cc(C)c3)C2=O)cc1. The second-order valence-corrected chi connectivity index (χ2v) is 6.74. The van der Waals surface area contributed by atoms with Gasteiger partial charge in [-0.1, -0.05) is 18.2 Å². The number of benzene rings is 2. The van der Waals surface area contributed by atoms with Crippen LogP contribution in [-0.4, -0.2) is 37.5 Å². The molecule has 154 valence electrons. The van der Waals surface area contributed by atoms with Crippen molar-refractivity contribution in [1.82, 2.24) is 5.32 Å². The average molecular weight is 408 g/mol. The van der Waals surface area contributed by atoms with Crippen molar-refractivity contribution in [2.45, 2.75) is 13.8 Å². The summed E-state index contributed by atoms with van der Waals surface area (Å²) in [5, 5.41) is 2.20. The highest BCUT2D eigenvalue weighted by atomic mass is 16.6. The fourth-order valence-electron chi connectivity index (χ4n) is 3.00. The van der Waals surface area contributed by atoms with Crippen molar-refractivity contribution in [3.63, 3.8) is 0 Å². The van der Waals surface area contributed by atoms with E-state index >= 15 is 0 Å². The van der Waals surface area contributed by atoms with E-state index in [9.17, 15) is 19.2 Å². The molecule has 2 aromatic carbocycles. The van der Waals surface area contributed by atoms with Gasteiger partial charge in [-0.25, -0.2) is 14.5 Å². The summed E-state index contributed by atoms with van der Waals surface area (Å²) in [5.41, 5.74) is 2.54. The number of carbonyl (C=O) groups is 4. The first-order chi connectivity index (χ1) is 14.3. The molecule has 0 aliphatic carbocycles. The van der Waals surface area contributed by atoms with Crippen molar-refractivity contribution in [2.24, 2.45) is 0 Å². The number of aryl methyl sites for hydroxylation is 2. The number of amides is 4. The van der Waals surface area contributed by atoms with E-state index in [4.69, 9.17) is 4.74 Å². The number of hydrogen-bond donors (Lipinski definition) is 1. The predicted molar refractivity (Wildman–Crippen MR) is 109 cm³/mol. The summed E-state index contributed by atoms with van der Waals surface area (Å²) < 4.78 is 9.77. The zero-order valence-electron chi connectivity index (χ0n) is 16.7. The third kappa shape index (κ3) is 4.54. The van der Waals surface area contributed by atoms with Gasteiger partial charge in [-0.3, -0.25) is 14.9 Å². The molecule has 1 aliphatic heterocycles. The lowest BCUT2D eigenvalue weighted by atomic mass is 10.1. The Morgan fingerprint density at radius 2 is 1.67 bits per heavy atom. The van der Waals surface area contributed by atoms with Gasteiger partial charge in [-0.05, 0) is 60.9 Å². The number of nitrogens with zero attached hydrogens (tertiary/aromatic N) is 1. The largest absolute Gasteiger partial charge is 0.482 e. The van der Waals surface area contributed by atoms with Gasteiger partial charge in [0.05, 0.1) is 12.8 Å². The fourth-order valence-corrected chi connectivity index (χ4v) is 3.00. The van der Waals surface area contributed by atoms with E-state index in [2.05, 4.69) is 10.1 Å². The predicted octanol–water partition coefficient (Wildman–Crippen LogP) is 2.52. The molecule has 30 heavy (non-hydrogen) atoms. The maximum Gasteiger partial charge on any atom is 0.343 e. The molecule has 0 atom stereocenters. The van der Waals surface area contributed by atoms with E-state index in [1.54, 1.807) is 36.4 Å². The third-order valence-electron chi connectivity index (χ3n) is 4.34. The Kier molecular flexibility index (Phi) is 5.96. The summed E-state index contributed by atoms with van der Waals surface area (Å²) in [6.07, 6.45) is 1.39. The molecule has 0 bridgehead atoms. The second-order valence-electron chi connectivity index (χ2n) is 6.74. The molecule has 0 aromatic heterocycles. The van der Waals surface area contributed by atoms with Gasteiger partial charge in [0.15, 0.2) is 6.61 Å². The van der Waals surface area contributed by atoms with E-state index in [0.717, 1.165) is 16.0 Å². The number of imide groups is 2. The number of anilines is 1. The van der Waals surface area contributed by atoms with Crippen LogP contribution in [0.15, 0.2) is 48.0 Å². The first kappa shape index (κ1) is 20.8. The molecule has 8 nitrogen and oxygen atoms in total. The molecule has 0 saturated carbocycles. The molecule has 1 fully saturated rings. The number of esters is 1. The van der Waals surface area contributed by atoms with Gasteiger partial charge < -0.3 is 9.47 Å². The molecule has 1 heterocycles. The Morgan fingerprint density at radius 1 is 1.03 bits per heavy atom. The number of methoxy groups -OCH3 is 1. The summed E-state index contributed by atoms with van der Waals surface area (Å²) >= 11 is 0. The van der Waals surface area contributed by atoms with E-state index in [1.807, 2.05) is 19.9 Å². The highest BCUT2D eigenvalue weighted by molar-refractivity contribution is 6.39. The first-order valence-electron chi connectivity index (χ1n) is 9.08. The van der Waals surface area contributed by atoms with E-state index in [1.165, 1.54) is 13.2 Å². The monoisotopic (exact) mass is 408 g/mol. The van der Waals surface area contributed by atoms with E-state index in [0.29, 0.717) is 17.0 Å². The van der Waals surface area contributed by atoms with E-state index < -0.39 is 23.8 Å². The molecular weight excluding hydrogens is 388 g/mol. The first-order valence-corrected chi connectivity index (χ1v) is 9.08. The minimum absolute atomic E-state index is 0.169. The van der Waals surface area contributed by atoms with Crippen molar-refractivity contribution in [3.8, 4) is 5.75 Å². The molecule has 2 aromatic rings. The van der Waals surface area contributed by atoms with Gasteiger partial charge in [-0.15, -0.1) is 0 Å². The maximum absolute atomic E-state index is 13.0.